The Morgan fingerprint density at radius 2 is 1.50 bits per heavy atom. The van der Waals surface area contributed by atoms with Crippen LogP contribution in [0.1, 0.15) is 106 Å². The number of aliphatic hydroxyl groups is 1. The Bertz CT molecular complexity index is 1600. The third-order valence-corrected chi connectivity index (χ3v) is 15.1. The van der Waals surface area contributed by atoms with E-state index in [0.717, 1.165) is 44.1 Å². The van der Waals surface area contributed by atoms with Crippen LogP contribution in [0.25, 0.3) is 0 Å². The van der Waals surface area contributed by atoms with E-state index in [9.17, 15) is 44.0 Å². The van der Waals surface area contributed by atoms with Gasteiger partial charge in [0.1, 0.15) is 12.2 Å². The van der Waals surface area contributed by atoms with Gasteiger partial charge in [0.15, 0.2) is 0 Å². The van der Waals surface area contributed by atoms with Crippen molar-refractivity contribution in [1.82, 2.24) is 0 Å². The predicted octanol–water partition coefficient (Wildman–Crippen LogP) is 5.51. The Balaban J connectivity index is 1.78. The molecule has 0 heterocycles. The van der Waals surface area contributed by atoms with E-state index in [1.807, 2.05) is 0 Å². The van der Waals surface area contributed by atoms with Gasteiger partial charge < -0.3 is 5.11 Å². The molecular formula is C32H54O13S3. The summed E-state index contributed by atoms with van der Waals surface area (Å²) < 4.78 is 115. The Morgan fingerprint density at radius 1 is 0.958 bits per heavy atom. The van der Waals surface area contributed by atoms with Crippen LogP contribution < -0.4 is 0 Å². The smallest absolute Gasteiger partial charge is 0.390 e. The normalized spacial score (nSPS) is 39.6. The highest BCUT2D eigenvalue weighted by atomic mass is 32.3. The molecular weight excluding hydrogens is 689 g/mol. The minimum Gasteiger partial charge on any atom is -0.390 e. The third kappa shape index (κ3) is 7.22. The van der Waals surface area contributed by atoms with Crippen molar-refractivity contribution in [3.63, 3.8) is 0 Å². The number of hydrogen-bond acceptors (Lipinski definition) is 10. The maximum absolute atomic E-state index is 12.2. The molecule has 278 valence electrons. The van der Waals surface area contributed by atoms with Gasteiger partial charge in [0, 0.05) is 5.92 Å². The molecule has 4 aliphatic rings. The van der Waals surface area contributed by atoms with Gasteiger partial charge in [-0.3, -0.25) is 13.7 Å². The molecule has 0 amide bonds. The molecule has 0 saturated heterocycles. The largest absolute Gasteiger partial charge is 0.397 e. The Hall–Kier alpha value is -0.950. The van der Waals surface area contributed by atoms with E-state index in [4.69, 9.17) is 8.37 Å². The van der Waals surface area contributed by atoms with Gasteiger partial charge in [-0.2, -0.15) is 25.3 Å². The van der Waals surface area contributed by atoms with Crippen LogP contribution >= 0.6 is 0 Å². The van der Waals surface area contributed by atoms with Crippen LogP contribution in [0.5, 0.6) is 0 Å². The first-order chi connectivity index (χ1) is 21.8. The maximum atomic E-state index is 12.2. The number of hydrogen-bond donors (Lipinski definition) is 4. The molecule has 0 aromatic heterocycles. The fraction of sp³-hybridized carbons (Fsp3) is 0.875. The van der Waals surface area contributed by atoms with Crippen LogP contribution in [-0.2, 0) is 43.7 Å². The van der Waals surface area contributed by atoms with Crippen molar-refractivity contribution in [2.45, 2.75) is 131 Å². The minimum absolute atomic E-state index is 0.0446. The van der Waals surface area contributed by atoms with Gasteiger partial charge in [-0.1, -0.05) is 65.3 Å². The number of rotatable bonds is 13. The van der Waals surface area contributed by atoms with E-state index in [-0.39, 0.29) is 29.6 Å². The zero-order valence-electron chi connectivity index (χ0n) is 29.0. The van der Waals surface area contributed by atoms with E-state index in [2.05, 4.69) is 58.4 Å². The molecule has 3 saturated carbocycles. The first-order valence-electron chi connectivity index (χ1n) is 16.8. The SMILES string of the molecule is C=C(C)C(CC)(CC)CCC(C)C1CCC2(C)C3CC(OS(=O)(=O)O)C4C(O)C(OS(=O)(=O)O)C(OS(=O)(=O)O)CC4(C)C3=CCC12C. The summed E-state index contributed by atoms with van der Waals surface area (Å²) in [7, 11) is -15.6. The lowest BCUT2D eigenvalue weighted by molar-refractivity contribution is -0.179. The van der Waals surface area contributed by atoms with E-state index < -0.39 is 72.4 Å². The second-order valence-corrected chi connectivity index (χ2v) is 18.8. The zero-order chi connectivity index (χ0) is 36.5. The van der Waals surface area contributed by atoms with Gasteiger partial charge in [0.25, 0.3) is 0 Å². The molecule has 0 aliphatic heterocycles. The molecule has 0 radical (unpaired) electrons. The van der Waals surface area contributed by atoms with Gasteiger partial charge in [-0.15, -0.1) is 0 Å². The molecule has 0 spiro atoms. The van der Waals surface area contributed by atoms with E-state index in [0.29, 0.717) is 18.3 Å². The number of fused-ring (bicyclic) bond motifs is 5. The van der Waals surface area contributed by atoms with Gasteiger partial charge in [0.2, 0.25) is 0 Å². The molecule has 0 aromatic carbocycles. The second-order valence-electron chi connectivity index (χ2n) is 15.7. The van der Waals surface area contributed by atoms with Crippen LogP contribution in [0.15, 0.2) is 23.8 Å². The Labute approximate surface area is 286 Å². The highest BCUT2D eigenvalue weighted by molar-refractivity contribution is 7.81. The molecule has 16 heteroatoms. The van der Waals surface area contributed by atoms with E-state index in [1.54, 1.807) is 6.92 Å². The molecule has 4 aliphatic carbocycles. The monoisotopic (exact) mass is 742 g/mol. The van der Waals surface area contributed by atoms with Crippen LogP contribution in [0.2, 0.25) is 0 Å². The summed E-state index contributed by atoms with van der Waals surface area (Å²) in [5.74, 6) is -0.900. The average molecular weight is 743 g/mol. The predicted molar refractivity (Wildman–Crippen MR) is 177 cm³/mol. The summed E-state index contributed by atoms with van der Waals surface area (Å²) in [6.45, 7) is 19.2. The summed E-state index contributed by atoms with van der Waals surface area (Å²) in [5, 5.41) is 11.6. The average Bonchev–Trinajstić information content (AvgIpc) is 3.20. The van der Waals surface area contributed by atoms with Crippen molar-refractivity contribution in [2.75, 3.05) is 0 Å². The first-order valence-corrected chi connectivity index (χ1v) is 20.9. The molecule has 11 atom stereocenters. The standard InChI is InChI=1S/C32H54O13S3/c1-9-32(10-2,19(3)4)16-11-20(5)21-12-14-31(8)23-17-24(43-46(34,35)36)26-27(33)28(45-48(40,41)42)25(44-47(37,38)39)18-29(26,6)22(23)13-15-30(21,31)7/h13,20-21,23-28,33H,3,9-12,14-18H2,1-2,4-8H3,(H,34,35,36)(H,37,38,39)(H,40,41,42). The van der Waals surface area contributed by atoms with Crippen molar-refractivity contribution in [1.29, 1.82) is 0 Å². The first kappa shape index (κ1) is 39.8. The summed E-state index contributed by atoms with van der Waals surface area (Å²) in [6.07, 6.45) is 0.966. The van der Waals surface area contributed by atoms with Crippen LogP contribution in [-0.4, -0.2) is 68.4 Å². The van der Waals surface area contributed by atoms with E-state index >= 15 is 0 Å². The number of allylic oxidation sites excluding steroid dienone is 3. The lowest BCUT2D eigenvalue weighted by atomic mass is 9.43. The summed E-state index contributed by atoms with van der Waals surface area (Å²) in [4.78, 5) is 0. The summed E-state index contributed by atoms with van der Waals surface area (Å²) >= 11 is 0. The van der Waals surface area contributed by atoms with Gasteiger partial charge in [0.05, 0.1) is 12.2 Å². The van der Waals surface area contributed by atoms with Crippen LogP contribution in [0.3, 0.4) is 0 Å². The summed E-state index contributed by atoms with van der Waals surface area (Å²) in [5.41, 5.74) is 0.163. The topological polar surface area (TPSA) is 211 Å². The van der Waals surface area contributed by atoms with Gasteiger partial charge in [-0.05, 0) is 104 Å². The highest BCUT2D eigenvalue weighted by Gasteiger charge is 2.68. The van der Waals surface area contributed by atoms with Crippen molar-refractivity contribution < 1.29 is 56.6 Å². The molecule has 3 fully saturated rings. The van der Waals surface area contributed by atoms with Gasteiger partial charge in [-0.25, -0.2) is 12.5 Å². The van der Waals surface area contributed by atoms with Crippen molar-refractivity contribution >= 4 is 31.2 Å². The van der Waals surface area contributed by atoms with Crippen molar-refractivity contribution in [2.24, 2.45) is 45.3 Å². The molecule has 13 nitrogen and oxygen atoms in total. The Kier molecular flexibility index (Phi) is 11.0. The molecule has 4 N–H and O–H groups in total. The molecule has 4 rings (SSSR count). The molecule has 48 heavy (non-hydrogen) atoms. The van der Waals surface area contributed by atoms with Gasteiger partial charge >= 0.3 is 31.2 Å². The highest BCUT2D eigenvalue weighted by Crippen LogP contribution is 2.72. The maximum Gasteiger partial charge on any atom is 0.397 e. The zero-order valence-corrected chi connectivity index (χ0v) is 31.4. The summed E-state index contributed by atoms with van der Waals surface area (Å²) in [6, 6.07) is 0. The second kappa shape index (κ2) is 13.2. The minimum atomic E-state index is -5.29. The molecule has 11 unspecified atom stereocenters. The molecule has 0 bridgehead atoms. The Morgan fingerprint density at radius 3 is 2.00 bits per heavy atom. The third-order valence-electron chi connectivity index (χ3n) is 13.7. The van der Waals surface area contributed by atoms with Crippen LogP contribution in [0, 0.1) is 45.3 Å². The molecule has 0 aromatic rings. The lowest BCUT2D eigenvalue weighted by Gasteiger charge is -2.63. The van der Waals surface area contributed by atoms with Crippen LogP contribution in [0.4, 0.5) is 0 Å². The van der Waals surface area contributed by atoms with Crippen molar-refractivity contribution in [3.8, 4) is 0 Å². The quantitative estimate of drug-likeness (QED) is 0.136. The number of aliphatic hydroxyl groups excluding tert-OH is 1. The van der Waals surface area contributed by atoms with Crippen molar-refractivity contribution in [3.05, 3.63) is 23.8 Å². The fourth-order valence-electron chi connectivity index (χ4n) is 10.9. The lowest BCUT2D eigenvalue weighted by Crippen LogP contribution is -2.65. The van der Waals surface area contributed by atoms with E-state index in [1.165, 1.54) is 5.57 Å². The fourth-order valence-corrected chi connectivity index (χ4v) is 12.4.